The van der Waals surface area contributed by atoms with Crippen LogP contribution in [0, 0.1) is 13.8 Å². The molecule has 31 heavy (non-hydrogen) atoms. The molecular formula is C25H25N3OS2. The number of thioether (sulfide) groups is 1. The second-order valence-corrected chi connectivity index (χ2v) is 10.5. The van der Waals surface area contributed by atoms with Gasteiger partial charge in [-0.2, -0.15) is 0 Å². The number of carbonyl (C=O) groups is 1. The molecule has 0 radical (unpaired) electrons. The molecule has 0 spiro atoms. The second kappa shape index (κ2) is 9.20. The van der Waals surface area contributed by atoms with Crippen LogP contribution in [0.1, 0.15) is 41.0 Å². The molecule has 0 atom stereocenters. The number of aryl methyl sites for hydroxylation is 2. The minimum absolute atomic E-state index is 0.0693. The van der Waals surface area contributed by atoms with Gasteiger partial charge in [0.1, 0.15) is 0 Å². The average Bonchev–Trinajstić information content (AvgIpc) is 3.16. The van der Waals surface area contributed by atoms with Gasteiger partial charge in [-0.25, -0.2) is 4.98 Å². The molecule has 4 nitrogen and oxygen atoms in total. The number of benzene rings is 2. The van der Waals surface area contributed by atoms with Gasteiger partial charge >= 0.3 is 0 Å². The molecule has 1 amide bonds. The molecule has 0 unspecified atom stereocenters. The number of hydrogen-bond donors (Lipinski definition) is 0. The summed E-state index contributed by atoms with van der Waals surface area (Å²) < 4.78 is 1.11. The van der Waals surface area contributed by atoms with Crippen molar-refractivity contribution in [3.63, 3.8) is 0 Å². The molecule has 0 saturated carbocycles. The molecule has 0 bridgehead atoms. The van der Waals surface area contributed by atoms with E-state index in [9.17, 15) is 4.79 Å². The molecule has 2 aromatic heterocycles. The topological polar surface area (TPSA) is 46.1 Å². The fourth-order valence-corrected chi connectivity index (χ4v) is 5.32. The summed E-state index contributed by atoms with van der Waals surface area (Å²) in [6.07, 6.45) is 1.75. The van der Waals surface area contributed by atoms with E-state index >= 15 is 0 Å². The monoisotopic (exact) mass is 447 g/mol. The van der Waals surface area contributed by atoms with Gasteiger partial charge in [0.15, 0.2) is 5.13 Å². The first-order valence-electron chi connectivity index (χ1n) is 10.3. The Morgan fingerprint density at radius 1 is 1.10 bits per heavy atom. The molecule has 0 aliphatic carbocycles. The first-order chi connectivity index (χ1) is 14.9. The highest BCUT2D eigenvalue weighted by Crippen LogP contribution is 2.33. The van der Waals surface area contributed by atoms with Gasteiger partial charge in [0.2, 0.25) is 0 Å². The van der Waals surface area contributed by atoms with Crippen molar-refractivity contribution in [2.45, 2.75) is 44.4 Å². The summed E-state index contributed by atoms with van der Waals surface area (Å²) in [6, 6.07) is 17.8. The van der Waals surface area contributed by atoms with Gasteiger partial charge in [-0.05, 0) is 67.4 Å². The lowest BCUT2D eigenvalue weighted by molar-refractivity contribution is 0.0984. The fraction of sp³-hybridized carbons (Fsp3) is 0.240. The molecule has 0 aliphatic heterocycles. The largest absolute Gasteiger partial charge is 0.278 e. The normalized spacial score (nSPS) is 11.3. The average molecular weight is 448 g/mol. The fourth-order valence-electron chi connectivity index (χ4n) is 3.46. The highest BCUT2D eigenvalue weighted by Gasteiger charge is 2.23. The van der Waals surface area contributed by atoms with Crippen molar-refractivity contribution in [1.29, 1.82) is 0 Å². The van der Waals surface area contributed by atoms with E-state index in [0.29, 0.717) is 22.5 Å². The van der Waals surface area contributed by atoms with Crippen molar-refractivity contribution in [2.24, 2.45) is 0 Å². The first-order valence-corrected chi connectivity index (χ1v) is 12.0. The number of aromatic nitrogens is 2. The van der Waals surface area contributed by atoms with Crippen molar-refractivity contribution < 1.29 is 4.79 Å². The Bertz CT molecular complexity index is 1200. The van der Waals surface area contributed by atoms with E-state index in [4.69, 9.17) is 4.98 Å². The summed E-state index contributed by atoms with van der Waals surface area (Å²) in [5, 5.41) is 1.19. The standard InChI is InChI=1S/C25H25N3OS2/c1-16(2)30-21-10-8-19(9-11-21)24(29)28(15-20-7-5-6-12-26-20)25-27-22-14-17(3)13-18(4)23(22)31-25/h5-14,16H,15H2,1-4H3. The predicted octanol–water partition coefficient (Wildman–Crippen LogP) is 6.66. The van der Waals surface area contributed by atoms with Gasteiger partial charge in [0.05, 0.1) is 22.5 Å². The van der Waals surface area contributed by atoms with Crippen molar-refractivity contribution in [3.05, 3.63) is 83.2 Å². The molecule has 2 heterocycles. The molecule has 158 valence electrons. The van der Waals surface area contributed by atoms with Gasteiger partial charge in [0, 0.05) is 21.9 Å². The van der Waals surface area contributed by atoms with E-state index in [1.165, 1.54) is 11.1 Å². The number of nitrogens with zero attached hydrogens (tertiary/aromatic N) is 3. The number of thiazole rings is 1. The highest BCUT2D eigenvalue weighted by atomic mass is 32.2. The summed E-state index contributed by atoms with van der Waals surface area (Å²) in [7, 11) is 0. The zero-order chi connectivity index (χ0) is 22.0. The third kappa shape index (κ3) is 4.97. The van der Waals surface area contributed by atoms with E-state index in [1.807, 2.05) is 42.5 Å². The zero-order valence-corrected chi connectivity index (χ0v) is 19.8. The Morgan fingerprint density at radius 2 is 1.87 bits per heavy atom. The van der Waals surface area contributed by atoms with Crippen molar-refractivity contribution >= 4 is 44.4 Å². The van der Waals surface area contributed by atoms with E-state index in [2.05, 4.69) is 44.8 Å². The number of rotatable bonds is 6. The Hall–Kier alpha value is -2.70. The quantitative estimate of drug-likeness (QED) is 0.310. The number of anilines is 1. The number of hydrogen-bond acceptors (Lipinski definition) is 5. The summed E-state index contributed by atoms with van der Waals surface area (Å²) >= 11 is 3.34. The van der Waals surface area contributed by atoms with Crippen LogP contribution < -0.4 is 4.90 Å². The summed E-state index contributed by atoms with van der Waals surface area (Å²) in [5.74, 6) is -0.0693. The van der Waals surface area contributed by atoms with Crippen LogP contribution >= 0.6 is 23.1 Å². The minimum Gasteiger partial charge on any atom is -0.278 e. The second-order valence-electron chi connectivity index (χ2n) is 7.83. The molecular weight excluding hydrogens is 422 g/mol. The van der Waals surface area contributed by atoms with Crippen LogP contribution in [-0.2, 0) is 6.54 Å². The maximum atomic E-state index is 13.6. The molecule has 6 heteroatoms. The molecule has 4 rings (SSSR count). The molecule has 0 saturated heterocycles. The van der Waals surface area contributed by atoms with Crippen molar-refractivity contribution in [3.8, 4) is 0 Å². The number of pyridine rings is 1. The smallest absolute Gasteiger partial charge is 0.260 e. The number of amides is 1. The zero-order valence-electron chi connectivity index (χ0n) is 18.1. The minimum atomic E-state index is -0.0693. The maximum absolute atomic E-state index is 13.6. The van der Waals surface area contributed by atoms with Crippen LogP contribution in [0.4, 0.5) is 5.13 Å². The van der Waals surface area contributed by atoms with Gasteiger partial charge < -0.3 is 0 Å². The van der Waals surface area contributed by atoms with E-state index in [0.717, 1.165) is 20.8 Å². The Kier molecular flexibility index (Phi) is 6.39. The molecule has 0 fully saturated rings. The molecule has 4 aromatic rings. The lowest BCUT2D eigenvalue weighted by Crippen LogP contribution is -2.30. The van der Waals surface area contributed by atoms with Gasteiger partial charge in [-0.1, -0.05) is 37.3 Å². The number of fused-ring (bicyclic) bond motifs is 1. The molecule has 2 aromatic carbocycles. The van der Waals surface area contributed by atoms with Crippen LogP contribution in [0.25, 0.3) is 10.2 Å². The third-order valence-electron chi connectivity index (χ3n) is 4.80. The summed E-state index contributed by atoms with van der Waals surface area (Å²) in [6.45, 7) is 8.86. The van der Waals surface area contributed by atoms with Crippen LogP contribution in [0.5, 0.6) is 0 Å². The molecule has 0 aliphatic rings. The van der Waals surface area contributed by atoms with Crippen molar-refractivity contribution in [1.82, 2.24) is 9.97 Å². The molecule has 0 N–H and O–H groups in total. The van der Waals surface area contributed by atoms with E-state index in [1.54, 1.807) is 34.2 Å². The SMILES string of the molecule is Cc1cc(C)c2sc(N(Cc3ccccn3)C(=O)c3ccc(SC(C)C)cc3)nc2c1. The Morgan fingerprint density at radius 3 is 2.55 bits per heavy atom. The van der Waals surface area contributed by atoms with Crippen LogP contribution in [0.2, 0.25) is 0 Å². The first kappa shape index (κ1) is 21.5. The van der Waals surface area contributed by atoms with E-state index in [-0.39, 0.29) is 5.91 Å². The van der Waals surface area contributed by atoms with Gasteiger partial charge in [-0.3, -0.25) is 14.7 Å². The van der Waals surface area contributed by atoms with Crippen molar-refractivity contribution in [2.75, 3.05) is 4.90 Å². The van der Waals surface area contributed by atoms with Crippen LogP contribution in [-0.4, -0.2) is 21.1 Å². The van der Waals surface area contributed by atoms with Gasteiger partial charge in [0.25, 0.3) is 5.91 Å². The van der Waals surface area contributed by atoms with E-state index < -0.39 is 0 Å². The highest BCUT2D eigenvalue weighted by molar-refractivity contribution is 7.99. The number of carbonyl (C=O) groups excluding carboxylic acids is 1. The maximum Gasteiger partial charge on any atom is 0.260 e. The summed E-state index contributed by atoms with van der Waals surface area (Å²) in [4.78, 5) is 25.7. The van der Waals surface area contributed by atoms with Crippen LogP contribution in [0.3, 0.4) is 0 Å². The lowest BCUT2D eigenvalue weighted by Gasteiger charge is -2.20. The van der Waals surface area contributed by atoms with Crippen LogP contribution in [0.15, 0.2) is 65.7 Å². The summed E-state index contributed by atoms with van der Waals surface area (Å²) in [5.41, 5.74) is 4.76. The Balaban J connectivity index is 1.72. The third-order valence-corrected chi connectivity index (χ3v) is 7.05. The Labute approximate surface area is 191 Å². The lowest BCUT2D eigenvalue weighted by atomic mass is 10.1. The van der Waals surface area contributed by atoms with Gasteiger partial charge in [-0.15, -0.1) is 11.8 Å². The predicted molar refractivity (Wildman–Crippen MR) is 131 cm³/mol.